The molecule has 0 aliphatic carbocycles. The van der Waals surface area contributed by atoms with Gasteiger partial charge in [-0.15, -0.1) is 0 Å². The summed E-state index contributed by atoms with van der Waals surface area (Å²) in [5.74, 6) is 1.45. The predicted octanol–water partition coefficient (Wildman–Crippen LogP) is 4.08. The molecule has 0 saturated heterocycles. The van der Waals surface area contributed by atoms with Gasteiger partial charge in [-0.05, 0) is 43.3 Å². The summed E-state index contributed by atoms with van der Waals surface area (Å²) in [7, 11) is 0. The minimum atomic E-state index is -0.403. The molecule has 1 aliphatic rings. The highest BCUT2D eigenvalue weighted by Crippen LogP contribution is 2.34. The number of para-hydroxylation sites is 3. The Balaban J connectivity index is 1.41. The van der Waals surface area contributed by atoms with Crippen LogP contribution in [0.5, 0.6) is 23.0 Å². The molecule has 8 heteroatoms. The third-order valence-corrected chi connectivity index (χ3v) is 4.58. The summed E-state index contributed by atoms with van der Waals surface area (Å²) < 4.78 is 21.7. The molecule has 0 fully saturated rings. The maximum absolute atomic E-state index is 12.8. The zero-order valence-corrected chi connectivity index (χ0v) is 17.4. The van der Waals surface area contributed by atoms with Gasteiger partial charge in [-0.3, -0.25) is 9.59 Å². The number of anilines is 2. The lowest BCUT2D eigenvalue weighted by atomic mass is 10.1. The normalized spacial score (nSPS) is 11.5. The summed E-state index contributed by atoms with van der Waals surface area (Å²) in [5.41, 5.74) is 1.24. The van der Waals surface area contributed by atoms with E-state index in [9.17, 15) is 9.59 Å². The molecular formula is C24H22N2O6. The Morgan fingerprint density at radius 3 is 2.41 bits per heavy atom. The quantitative estimate of drug-likeness (QED) is 0.555. The number of benzene rings is 3. The van der Waals surface area contributed by atoms with Gasteiger partial charge < -0.3 is 29.6 Å². The predicted molar refractivity (Wildman–Crippen MR) is 119 cm³/mol. The minimum Gasteiger partial charge on any atom is -0.490 e. The number of fused-ring (bicyclic) bond motifs is 1. The molecule has 2 N–H and O–H groups in total. The minimum absolute atomic E-state index is 0.152. The number of nitrogens with one attached hydrogen (secondary N) is 2. The third-order valence-electron chi connectivity index (χ3n) is 4.58. The van der Waals surface area contributed by atoms with Crippen LogP contribution in [0.25, 0.3) is 0 Å². The highest BCUT2D eigenvalue weighted by molar-refractivity contribution is 6.10. The van der Waals surface area contributed by atoms with E-state index in [-0.39, 0.29) is 19.3 Å². The second-order valence-electron chi connectivity index (χ2n) is 6.78. The molecule has 32 heavy (non-hydrogen) atoms. The Labute approximate surface area is 185 Å². The van der Waals surface area contributed by atoms with Crippen molar-refractivity contribution in [3.63, 3.8) is 0 Å². The molecule has 3 aromatic rings. The van der Waals surface area contributed by atoms with Gasteiger partial charge in [0.25, 0.3) is 11.8 Å². The third kappa shape index (κ3) is 4.92. The highest BCUT2D eigenvalue weighted by Gasteiger charge is 2.17. The van der Waals surface area contributed by atoms with Crippen LogP contribution in [0, 0.1) is 0 Å². The molecule has 3 aromatic carbocycles. The lowest BCUT2D eigenvalue weighted by molar-refractivity contribution is -0.118. The van der Waals surface area contributed by atoms with Gasteiger partial charge in [0, 0.05) is 11.8 Å². The van der Waals surface area contributed by atoms with Crippen molar-refractivity contribution in [2.24, 2.45) is 0 Å². The van der Waals surface area contributed by atoms with E-state index in [0.717, 1.165) is 0 Å². The van der Waals surface area contributed by atoms with E-state index in [2.05, 4.69) is 10.6 Å². The molecule has 0 bridgehead atoms. The Morgan fingerprint density at radius 2 is 1.59 bits per heavy atom. The fourth-order valence-electron chi connectivity index (χ4n) is 3.14. The van der Waals surface area contributed by atoms with Crippen molar-refractivity contribution in [2.75, 3.05) is 30.6 Å². The first kappa shape index (κ1) is 21.0. The van der Waals surface area contributed by atoms with Crippen LogP contribution in [0.3, 0.4) is 0 Å². The molecular weight excluding hydrogens is 412 g/mol. The second kappa shape index (κ2) is 9.74. The summed E-state index contributed by atoms with van der Waals surface area (Å²) >= 11 is 0. The smallest absolute Gasteiger partial charge is 0.262 e. The molecule has 8 nitrogen and oxygen atoms in total. The van der Waals surface area contributed by atoms with Crippen LogP contribution >= 0.6 is 0 Å². The van der Waals surface area contributed by atoms with Crippen LogP contribution in [0.1, 0.15) is 17.3 Å². The SMILES string of the molecule is CCOc1ccccc1OCC(=O)Nc1ccccc1C(=O)Nc1ccc2c(c1)OCO2. The van der Waals surface area contributed by atoms with Crippen LogP contribution < -0.4 is 29.6 Å². The summed E-state index contributed by atoms with van der Waals surface area (Å²) in [6, 6.07) is 19.0. The summed E-state index contributed by atoms with van der Waals surface area (Å²) in [5, 5.41) is 5.54. The van der Waals surface area contributed by atoms with Crippen molar-refractivity contribution in [1.29, 1.82) is 0 Å². The van der Waals surface area contributed by atoms with E-state index in [1.807, 2.05) is 13.0 Å². The topological polar surface area (TPSA) is 95.1 Å². The zero-order valence-electron chi connectivity index (χ0n) is 17.4. The van der Waals surface area contributed by atoms with Crippen molar-refractivity contribution < 1.29 is 28.5 Å². The standard InChI is InChI=1S/C24H22N2O6/c1-2-29-19-9-5-6-10-20(19)30-14-23(27)26-18-8-4-3-7-17(18)24(28)25-16-11-12-21-22(13-16)32-15-31-21/h3-13H,2,14-15H2,1H3,(H,25,28)(H,26,27). The van der Waals surface area contributed by atoms with Crippen LogP contribution in [-0.4, -0.2) is 31.8 Å². The lowest BCUT2D eigenvalue weighted by Crippen LogP contribution is -2.23. The van der Waals surface area contributed by atoms with Gasteiger partial charge in [-0.25, -0.2) is 0 Å². The second-order valence-corrected chi connectivity index (χ2v) is 6.78. The van der Waals surface area contributed by atoms with Crippen LogP contribution in [0.2, 0.25) is 0 Å². The van der Waals surface area contributed by atoms with Crippen molar-refractivity contribution >= 4 is 23.2 Å². The molecule has 0 spiro atoms. The average molecular weight is 434 g/mol. The van der Waals surface area contributed by atoms with Gasteiger partial charge in [-0.1, -0.05) is 24.3 Å². The number of rotatable bonds is 8. The van der Waals surface area contributed by atoms with E-state index in [0.29, 0.717) is 46.5 Å². The Morgan fingerprint density at radius 1 is 0.875 bits per heavy atom. The first-order valence-corrected chi connectivity index (χ1v) is 10.1. The number of carbonyl (C=O) groups is 2. The van der Waals surface area contributed by atoms with Gasteiger partial charge in [0.15, 0.2) is 29.6 Å². The molecule has 1 aliphatic heterocycles. The molecule has 0 atom stereocenters. The first-order chi connectivity index (χ1) is 15.6. The number of ether oxygens (including phenoxy) is 4. The highest BCUT2D eigenvalue weighted by atomic mass is 16.7. The van der Waals surface area contributed by atoms with E-state index in [1.54, 1.807) is 60.7 Å². The monoisotopic (exact) mass is 434 g/mol. The number of carbonyl (C=O) groups excluding carboxylic acids is 2. The Hall–Kier alpha value is -4.20. The van der Waals surface area contributed by atoms with Crippen LogP contribution in [-0.2, 0) is 4.79 Å². The van der Waals surface area contributed by atoms with E-state index < -0.39 is 5.91 Å². The zero-order chi connectivity index (χ0) is 22.3. The van der Waals surface area contributed by atoms with E-state index >= 15 is 0 Å². The maximum Gasteiger partial charge on any atom is 0.262 e. The molecule has 0 unspecified atom stereocenters. The molecule has 2 amide bonds. The van der Waals surface area contributed by atoms with Crippen molar-refractivity contribution in [2.45, 2.75) is 6.92 Å². The largest absolute Gasteiger partial charge is 0.490 e. The molecule has 0 radical (unpaired) electrons. The van der Waals surface area contributed by atoms with Gasteiger partial charge in [0.05, 0.1) is 17.9 Å². The number of hydrogen-bond acceptors (Lipinski definition) is 6. The summed E-state index contributed by atoms with van der Waals surface area (Å²) in [6.07, 6.45) is 0. The fourth-order valence-corrected chi connectivity index (χ4v) is 3.14. The van der Waals surface area contributed by atoms with Gasteiger partial charge >= 0.3 is 0 Å². The van der Waals surface area contributed by atoms with E-state index in [1.165, 1.54) is 0 Å². The molecule has 1 heterocycles. The van der Waals surface area contributed by atoms with Gasteiger partial charge in [0.2, 0.25) is 6.79 Å². The molecule has 4 rings (SSSR count). The molecule has 0 aromatic heterocycles. The van der Waals surface area contributed by atoms with Gasteiger partial charge in [0.1, 0.15) is 0 Å². The van der Waals surface area contributed by atoms with Crippen LogP contribution in [0.15, 0.2) is 66.7 Å². The van der Waals surface area contributed by atoms with Crippen LogP contribution in [0.4, 0.5) is 11.4 Å². The average Bonchev–Trinajstić information content (AvgIpc) is 3.27. The fraction of sp³-hybridized carbons (Fsp3) is 0.167. The number of hydrogen-bond donors (Lipinski definition) is 2. The summed E-state index contributed by atoms with van der Waals surface area (Å²) in [4.78, 5) is 25.3. The molecule has 0 saturated carbocycles. The Kier molecular flexibility index (Phi) is 6.41. The summed E-state index contributed by atoms with van der Waals surface area (Å²) in [6.45, 7) is 2.27. The maximum atomic E-state index is 12.8. The lowest BCUT2D eigenvalue weighted by Gasteiger charge is -2.13. The van der Waals surface area contributed by atoms with Crippen molar-refractivity contribution in [3.05, 3.63) is 72.3 Å². The first-order valence-electron chi connectivity index (χ1n) is 10.1. The van der Waals surface area contributed by atoms with Crippen molar-refractivity contribution in [3.8, 4) is 23.0 Å². The van der Waals surface area contributed by atoms with Gasteiger partial charge in [-0.2, -0.15) is 0 Å². The van der Waals surface area contributed by atoms with Crippen molar-refractivity contribution in [1.82, 2.24) is 0 Å². The Bertz CT molecular complexity index is 1130. The molecule has 164 valence electrons. The van der Waals surface area contributed by atoms with E-state index in [4.69, 9.17) is 18.9 Å². The number of amides is 2.